The van der Waals surface area contributed by atoms with Gasteiger partial charge < -0.3 is 10.1 Å². The molecule has 128 valence electrons. The Labute approximate surface area is 153 Å². The van der Waals surface area contributed by atoms with E-state index in [9.17, 15) is 4.79 Å². The molecule has 0 spiro atoms. The molecule has 0 aliphatic heterocycles. The molecule has 3 rings (SSSR count). The van der Waals surface area contributed by atoms with Crippen LogP contribution in [-0.4, -0.2) is 32.2 Å². The van der Waals surface area contributed by atoms with E-state index in [0.29, 0.717) is 21.5 Å². The number of nitrogens with zero attached hydrogens (tertiary/aromatic N) is 4. The zero-order chi connectivity index (χ0) is 17.8. The lowest BCUT2D eigenvalue weighted by molar-refractivity contribution is -0.122. The molecule has 1 atom stereocenters. The Kier molecular flexibility index (Phi) is 5.16. The first kappa shape index (κ1) is 17.2. The van der Waals surface area contributed by atoms with E-state index in [-0.39, 0.29) is 5.91 Å². The van der Waals surface area contributed by atoms with Crippen molar-refractivity contribution in [2.24, 2.45) is 0 Å². The smallest absolute Gasteiger partial charge is 0.265 e. The van der Waals surface area contributed by atoms with Crippen molar-refractivity contribution in [1.29, 1.82) is 0 Å². The standard InChI is InChI=1S/C16H13Cl2N5O2/c1-10(25-15-6-5-11(17)7-14(15)18)16(24)20-12-3-2-4-13(8-12)23-9-19-21-22-23/h2-10H,1H3,(H,20,24). The summed E-state index contributed by atoms with van der Waals surface area (Å²) in [5.74, 6) is 0.0658. The average Bonchev–Trinajstić information content (AvgIpc) is 3.12. The predicted molar refractivity (Wildman–Crippen MR) is 94.3 cm³/mol. The van der Waals surface area contributed by atoms with Crippen LogP contribution in [0.3, 0.4) is 0 Å². The Morgan fingerprint density at radius 3 is 2.80 bits per heavy atom. The molecular weight excluding hydrogens is 365 g/mol. The lowest BCUT2D eigenvalue weighted by Crippen LogP contribution is -2.30. The molecule has 0 saturated carbocycles. The summed E-state index contributed by atoms with van der Waals surface area (Å²) in [5, 5.41) is 14.6. The molecule has 1 amide bonds. The summed E-state index contributed by atoms with van der Waals surface area (Å²) in [6, 6.07) is 11.9. The number of benzene rings is 2. The van der Waals surface area contributed by atoms with Gasteiger partial charge in [-0.25, -0.2) is 4.68 Å². The minimum atomic E-state index is -0.754. The van der Waals surface area contributed by atoms with Crippen molar-refractivity contribution in [2.75, 3.05) is 5.32 Å². The predicted octanol–water partition coefficient (Wildman–Crippen LogP) is 3.38. The van der Waals surface area contributed by atoms with Crippen LogP contribution in [0, 0.1) is 0 Å². The summed E-state index contributed by atoms with van der Waals surface area (Å²) >= 11 is 11.9. The Morgan fingerprint density at radius 1 is 1.24 bits per heavy atom. The van der Waals surface area contributed by atoms with Gasteiger partial charge in [0.2, 0.25) is 0 Å². The number of nitrogens with one attached hydrogen (secondary N) is 1. The minimum absolute atomic E-state index is 0.320. The quantitative estimate of drug-likeness (QED) is 0.736. The second-order valence-corrected chi connectivity index (χ2v) is 5.97. The van der Waals surface area contributed by atoms with Gasteiger partial charge in [0, 0.05) is 10.7 Å². The molecular formula is C16H13Cl2N5O2. The van der Waals surface area contributed by atoms with E-state index in [1.54, 1.807) is 43.3 Å². The van der Waals surface area contributed by atoms with Crippen molar-refractivity contribution in [1.82, 2.24) is 20.2 Å². The van der Waals surface area contributed by atoms with E-state index in [1.807, 2.05) is 6.07 Å². The number of carbonyl (C=O) groups excluding carboxylic acids is 1. The molecule has 2 aromatic carbocycles. The molecule has 1 unspecified atom stereocenters. The van der Waals surface area contributed by atoms with Crippen LogP contribution >= 0.6 is 23.2 Å². The molecule has 1 N–H and O–H groups in total. The number of aromatic nitrogens is 4. The SMILES string of the molecule is CC(Oc1ccc(Cl)cc1Cl)C(=O)Nc1cccc(-n2cnnn2)c1. The van der Waals surface area contributed by atoms with Gasteiger partial charge in [0.1, 0.15) is 12.1 Å². The highest BCUT2D eigenvalue weighted by Gasteiger charge is 2.16. The monoisotopic (exact) mass is 377 g/mol. The van der Waals surface area contributed by atoms with E-state index >= 15 is 0 Å². The lowest BCUT2D eigenvalue weighted by Gasteiger charge is -2.16. The fraction of sp³-hybridized carbons (Fsp3) is 0.125. The molecule has 7 nitrogen and oxygen atoms in total. The van der Waals surface area contributed by atoms with Gasteiger partial charge in [0.25, 0.3) is 5.91 Å². The maximum absolute atomic E-state index is 12.3. The number of ether oxygens (including phenoxy) is 1. The Morgan fingerprint density at radius 2 is 2.08 bits per heavy atom. The van der Waals surface area contributed by atoms with E-state index in [2.05, 4.69) is 20.8 Å². The third-order valence-electron chi connectivity index (χ3n) is 3.29. The van der Waals surface area contributed by atoms with Crippen LogP contribution < -0.4 is 10.1 Å². The molecule has 0 aliphatic rings. The van der Waals surface area contributed by atoms with Crippen molar-refractivity contribution in [3.63, 3.8) is 0 Å². The second-order valence-electron chi connectivity index (χ2n) is 5.13. The third kappa shape index (κ3) is 4.26. The zero-order valence-corrected chi connectivity index (χ0v) is 14.6. The molecule has 25 heavy (non-hydrogen) atoms. The van der Waals surface area contributed by atoms with Crippen LogP contribution in [0.5, 0.6) is 5.75 Å². The summed E-state index contributed by atoms with van der Waals surface area (Å²) in [6.07, 6.45) is 0.713. The van der Waals surface area contributed by atoms with Crippen LogP contribution in [-0.2, 0) is 4.79 Å². The normalized spacial score (nSPS) is 11.8. The van der Waals surface area contributed by atoms with Gasteiger partial charge in [-0.15, -0.1) is 5.10 Å². The zero-order valence-electron chi connectivity index (χ0n) is 13.1. The average molecular weight is 378 g/mol. The number of halogens is 2. The van der Waals surface area contributed by atoms with Crippen molar-refractivity contribution >= 4 is 34.8 Å². The van der Waals surface area contributed by atoms with E-state index in [0.717, 1.165) is 5.69 Å². The Hall–Kier alpha value is -2.64. The first-order valence-corrected chi connectivity index (χ1v) is 8.04. The summed E-state index contributed by atoms with van der Waals surface area (Å²) in [5.41, 5.74) is 1.31. The fourth-order valence-electron chi connectivity index (χ4n) is 2.06. The van der Waals surface area contributed by atoms with Gasteiger partial charge in [-0.2, -0.15) is 0 Å². The number of carbonyl (C=O) groups is 1. The largest absolute Gasteiger partial charge is 0.479 e. The first-order chi connectivity index (χ1) is 12.0. The maximum atomic E-state index is 12.3. The Balaban J connectivity index is 1.68. The molecule has 1 heterocycles. The van der Waals surface area contributed by atoms with E-state index in [4.69, 9.17) is 27.9 Å². The van der Waals surface area contributed by atoms with Gasteiger partial charge in [-0.1, -0.05) is 29.3 Å². The van der Waals surface area contributed by atoms with Crippen LogP contribution in [0.4, 0.5) is 5.69 Å². The number of rotatable bonds is 5. The highest BCUT2D eigenvalue weighted by atomic mass is 35.5. The number of amides is 1. The van der Waals surface area contributed by atoms with E-state index < -0.39 is 6.10 Å². The summed E-state index contributed by atoms with van der Waals surface area (Å²) in [6.45, 7) is 1.63. The van der Waals surface area contributed by atoms with Crippen LogP contribution in [0.2, 0.25) is 10.0 Å². The molecule has 0 saturated heterocycles. The lowest BCUT2D eigenvalue weighted by atomic mass is 10.2. The van der Waals surface area contributed by atoms with Gasteiger partial charge in [0.15, 0.2) is 6.10 Å². The van der Waals surface area contributed by atoms with Crippen LogP contribution in [0.15, 0.2) is 48.8 Å². The van der Waals surface area contributed by atoms with Crippen molar-refractivity contribution < 1.29 is 9.53 Å². The van der Waals surface area contributed by atoms with Gasteiger partial charge in [0.05, 0.1) is 10.7 Å². The highest BCUT2D eigenvalue weighted by molar-refractivity contribution is 6.35. The first-order valence-electron chi connectivity index (χ1n) is 7.29. The summed E-state index contributed by atoms with van der Waals surface area (Å²) < 4.78 is 7.09. The number of hydrogen-bond acceptors (Lipinski definition) is 5. The van der Waals surface area contributed by atoms with Gasteiger partial charge in [-0.05, 0) is 53.7 Å². The molecule has 0 radical (unpaired) electrons. The second kappa shape index (κ2) is 7.50. The van der Waals surface area contributed by atoms with E-state index in [1.165, 1.54) is 11.0 Å². The van der Waals surface area contributed by atoms with Crippen LogP contribution in [0.1, 0.15) is 6.92 Å². The van der Waals surface area contributed by atoms with Crippen molar-refractivity contribution in [3.05, 3.63) is 58.8 Å². The summed E-state index contributed by atoms with van der Waals surface area (Å²) in [4.78, 5) is 12.3. The molecule has 0 aliphatic carbocycles. The number of tetrazole rings is 1. The number of anilines is 1. The molecule has 0 fully saturated rings. The highest BCUT2D eigenvalue weighted by Crippen LogP contribution is 2.28. The topological polar surface area (TPSA) is 81.9 Å². The van der Waals surface area contributed by atoms with Crippen molar-refractivity contribution in [3.8, 4) is 11.4 Å². The van der Waals surface area contributed by atoms with Crippen molar-refractivity contribution in [2.45, 2.75) is 13.0 Å². The van der Waals surface area contributed by atoms with Gasteiger partial charge in [-0.3, -0.25) is 4.79 Å². The number of hydrogen-bond donors (Lipinski definition) is 1. The maximum Gasteiger partial charge on any atom is 0.265 e. The molecule has 0 bridgehead atoms. The molecule has 3 aromatic rings. The van der Waals surface area contributed by atoms with Gasteiger partial charge >= 0.3 is 0 Å². The third-order valence-corrected chi connectivity index (χ3v) is 3.82. The summed E-state index contributed by atoms with van der Waals surface area (Å²) in [7, 11) is 0. The van der Waals surface area contributed by atoms with Crippen LogP contribution in [0.25, 0.3) is 5.69 Å². The Bertz CT molecular complexity index is 886. The molecule has 1 aromatic heterocycles. The minimum Gasteiger partial charge on any atom is -0.479 e. The fourth-order valence-corrected chi connectivity index (χ4v) is 2.52. The molecule has 9 heteroatoms.